The lowest BCUT2D eigenvalue weighted by atomic mass is 9.98. The van der Waals surface area contributed by atoms with Crippen LogP contribution in [-0.2, 0) is 25.5 Å². The molecule has 0 spiro atoms. The summed E-state index contributed by atoms with van der Waals surface area (Å²) in [6.07, 6.45) is -1.22. The molecule has 9 nitrogen and oxygen atoms in total. The number of carbonyl (C=O) groups is 5. The molecular weight excluding hydrogens is 398 g/mol. The highest BCUT2D eigenvalue weighted by Gasteiger charge is 2.33. The SMILES string of the molecule is C[C@@H](OC(=O)CN1C(=O)Cc2ccccc2C1=O)C(=O)Nc1sccc1C(N)=O. The summed E-state index contributed by atoms with van der Waals surface area (Å²) in [4.78, 5) is 61.2. The van der Waals surface area contributed by atoms with E-state index in [-0.39, 0.29) is 17.0 Å². The molecule has 0 saturated heterocycles. The second kappa shape index (κ2) is 8.23. The van der Waals surface area contributed by atoms with E-state index in [0.29, 0.717) is 11.1 Å². The molecule has 3 rings (SSSR count). The number of nitrogens with two attached hydrogens (primary N) is 1. The normalized spacial score (nSPS) is 14.2. The van der Waals surface area contributed by atoms with Gasteiger partial charge in [0.1, 0.15) is 11.5 Å². The molecule has 1 aliphatic rings. The van der Waals surface area contributed by atoms with Crippen molar-refractivity contribution < 1.29 is 28.7 Å². The van der Waals surface area contributed by atoms with Crippen LogP contribution in [0.15, 0.2) is 35.7 Å². The van der Waals surface area contributed by atoms with Crippen molar-refractivity contribution in [2.45, 2.75) is 19.4 Å². The number of primary amides is 1. The Bertz CT molecular complexity index is 1010. The van der Waals surface area contributed by atoms with Gasteiger partial charge in [-0.1, -0.05) is 18.2 Å². The van der Waals surface area contributed by atoms with Crippen LogP contribution in [-0.4, -0.2) is 47.1 Å². The predicted octanol–water partition coefficient (Wildman–Crippen LogP) is 0.942. The molecule has 150 valence electrons. The van der Waals surface area contributed by atoms with Gasteiger partial charge in [-0.15, -0.1) is 11.3 Å². The maximum absolute atomic E-state index is 12.5. The largest absolute Gasteiger partial charge is 0.451 e. The fraction of sp³-hybridized carbons (Fsp3) is 0.211. The number of rotatable bonds is 6. The van der Waals surface area contributed by atoms with E-state index in [0.717, 1.165) is 16.2 Å². The summed E-state index contributed by atoms with van der Waals surface area (Å²) in [6, 6.07) is 8.11. The van der Waals surface area contributed by atoms with E-state index in [1.54, 1.807) is 29.6 Å². The number of amides is 4. The van der Waals surface area contributed by atoms with E-state index in [1.165, 1.54) is 13.0 Å². The van der Waals surface area contributed by atoms with Gasteiger partial charge in [0.05, 0.1) is 12.0 Å². The van der Waals surface area contributed by atoms with Crippen molar-refractivity contribution in [2.24, 2.45) is 5.73 Å². The minimum absolute atomic E-state index is 0.000491. The summed E-state index contributed by atoms with van der Waals surface area (Å²) in [7, 11) is 0. The van der Waals surface area contributed by atoms with Gasteiger partial charge in [-0.05, 0) is 30.0 Å². The smallest absolute Gasteiger partial charge is 0.326 e. The number of anilines is 1. The highest BCUT2D eigenvalue weighted by Crippen LogP contribution is 2.23. The van der Waals surface area contributed by atoms with Crippen LogP contribution < -0.4 is 11.1 Å². The minimum Gasteiger partial charge on any atom is -0.451 e. The van der Waals surface area contributed by atoms with Gasteiger partial charge in [-0.2, -0.15) is 0 Å². The Morgan fingerprint density at radius 1 is 1.24 bits per heavy atom. The number of fused-ring (bicyclic) bond motifs is 1. The summed E-state index contributed by atoms with van der Waals surface area (Å²) in [6.45, 7) is 0.731. The third-order valence-corrected chi connectivity index (χ3v) is 5.10. The van der Waals surface area contributed by atoms with Crippen LogP contribution in [0.2, 0.25) is 0 Å². The fourth-order valence-electron chi connectivity index (χ4n) is 2.79. The first-order valence-corrected chi connectivity index (χ1v) is 9.46. The molecule has 1 aliphatic heterocycles. The number of imide groups is 1. The first-order valence-electron chi connectivity index (χ1n) is 8.58. The van der Waals surface area contributed by atoms with Gasteiger partial charge in [-0.3, -0.25) is 28.9 Å². The Morgan fingerprint density at radius 3 is 2.69 bits per heavy atom. The van der Waals surface area contributed by atoms with Crippen molar-refractivity contribution >= 4 is 45.9 Å². The highest BCUT2D eigenvalue weighted by atomic mass is 32.1. The second-order valence-electron chi connectivity index (χ2n) is 6.27. The molecule has 0 saturated carbocycles. The molecular formula is C19H17N3O6S. The number of ether oxygens (including phenoxy) is 1. The number of esters is 1. The first-order chi connectivity index (χ1) is 13.8. The quantitative estimate of drug-likeness (QED) is 0.532. The lowest BCUT2D eigenvalue weighted by Gasteiger charge is -2.26. The zero-order valence-corrected chi connectivity index (χ0v) is 16.2. The van der Waals surface area contributed by atoms with Crippen molar-refractivity contribution in [1.82, 2.24) is 4.90 Å². The number of carbonyl (C=O) groups excluding carboxylic acids is 5. The maximum atomic E-state index is 12.5. The lowest BCUT2D eigenvalue weighted by molar-refractivity contribution is -0.155. The average molecular weight is 415 g/mol. The third kappa shape index (κ3) is 4.32. The second-order valence-corrected chi connectivity index (χ2v) is 7.18. The summed E-state index contributed by atoms with van der Waals surface area (Å²) in [5, 5.41) is 4.29. The minimum atomic E-state index is -1.22. The topological polar surface area (TPSA) is 136 Å². The molecule has 1 aromatic carbocycles. The van der Waals surface area contributed by atoms with Gasteiger partial charge < -0.3 is 15.8 Å². The predicted molar refractivity (Wildman–Crippen MR) is 103 cm³/mol. The van der Waals surface area contributed by atoms with E-state index in [9.17, 15) is 24.0 Å². The number of hydrogen-bond donors (Lipinski definition) is 2. The van der Waals surface area contributed by atoms with Gasteiger partial charge in [0.15, 0.2) is 6.10 Å². The standard InChI is InChI=1S/C19H17N3O6S/c1-10(17(26)21-18-13(16(20)25)6-7-29-18)28-15(24)9-22-14(23)8-11-4-2-3-5-12(11)19(22)27/h2-7,10H,8-9H2,1H3,(H2,20,25)(H,21,26)/t10-/m1/s1. The number of thiophene rings is 1. The third-order valence-electron chi connectivity index (χ3n) is 4.27. The van der Waals surface area contributed by atoms with E-state index in [2.05, 4.69) is 5.32 Å². The average Bonchev–Trinajstić information content (AvgIpc) is 3.13. The molecule has 3 N–H and O–H groups in total. The van der Waals surface area contributed by atoms with Gasteiger partial charge in [0.2, 0.25) is 5.91 Å². The fourth-order valence-corrected chi connectivity index (χ4v) is 3.59. The molecule has 0 fully saturated rings. The van der Waals surface area contributed by atoms with Gasteiger partial charge >= 0.3 is 5.97 Å². The Morgan fingerprint density at radius 2 is 1.97 bits per heavy atom. The molecule has 0 unspecified atom stereocenters. The van der Waals surface area contributed by atoms with Crippen LogP contribution in [0, 0.1) is 0 Å². The molecule has 2 heterocycles. The molecule has 29 heavy (non-hydrogen) atoms. The monoisotopic (exact) mass is 415 g/mol. The van der Waals surface area contributed by atoms with Crippen molar-refractivity contribution in [3.8, 4) is 0 Å². The van der Waals surface area contributed by atoms with Gasteiger partial charge in [-0.25, -0.2) is 0 Å². The zero-order chi connectivity index (χ0) is 21.1. The van der Waals surface area contributed by atoms with Gasteiger partial charge in [0.25, 0.3) is 17.7 Å². The molecule has 0 aliphatic carbocycles. The Balaban J connectivity index is 1.61. The molecule has 1 atom stereocenters. The van der Waals surface area contributed by atoms with Crippen molar-refractivity contribution in [1.29, 1.82) is 0 Å². The van der Waals surface area contributed by atoms with Crippen molar-refractivity contribution in [3.63, 3.8) is 0 Å². The summed E-state index contributed by atoms with van der Waals surface area (Å²) in [5.74, 6) is -3.39. The lowest BCUT2D eigenvalue weighted by Crippen LogP contribution is -2.46. The number of nitrogens with one attached hydrogen (secondary N) is 1. The molecule has 2 aromatic rings. The molecule has 10 heteroatoms. The van der Waals surface area contributed by atoms with Gasteiger partial charge in [0, 0.05) is 5.56 Å². The molecule has 0 radical (unpaired) electrons. The Hall–Kier alpha value is -3.53. The van der Waals surface area contributed by atoms with Crippen LogP contribution in [0.4, 0.5) is 5.00 Å². The van der Waals surface area contributed by atoms with E-state index in [1.807, 2.05) is 0 Å². The molecule has 4 amide bonds. The van der Waals surface area contributed by atoms with Crippen LogP contribution in [0.5, 0.6) is 0 Å². The number of hydrogen-bond acceptors (Lipinski definition) is 7. The van der Waals surface area contributed by atoms with Crippen LogP contribution in [0.3, 0.4) is 0 Å². The van der Waals surface area contributed by atoms with E-state index in [4.69, 9.17) is 10.5 Å². The first kappa shape index (κ1) is 20.2. The summed E-state index contributed by atoms with van der Waals surface area (Å²) < 4.78 is 5.04. The zero-order valence-electron chi connectivity index (χ0n) is 15.3. The molecule has 1 aromatic heterocycles. The summed E-state index contributed by atoms with van der Waals surface area (Å²) in [5.41, 5.74) is 6.31. The Kier molecular flexibility index (Phi) is 5.74. The van der Waals surface area contributed by atoms with E-state index >= 15 is 0 Å². The molecule has 0 bridgehead atoms. The van der Waals surface area contributed by atoms with Crippen LogP contribution in [0.25, 0.3) is 0 Å². The summed E-state index contributed by atoms with van der Waals surface area (Å²) >= 11 is 1.09. The van der Waals surface area contributed by atoms with Crippen LogP contribution in [0.1, 0.15) is 33.2 Å². The number of benzene rings is 1. The van der Waals surface area contributed by atoms with Crippen molar-refractivity contribution in [3.05, 3.63) is 52.4 Å². The van der Waals surface area contributed by atoms with E-state index < -0.39 is 42.2 Å². The Labute approximate surface area is 169 Å². The number of nitrogens with zero attached hydrogens (tertiary/aromatic N) is 1. The highest BCUT2D eigenvalue weighted by molar-refractivity contribution is 7.14. The maximum Gasteiger partial charge on any atom is 0.326 e. The van der Waals surface area contributed by atoms with Crippen LogP contribution >= 0.6 is 11.3 Å². The van der Waals surface area contributed by atoms with Crippen molar-refractivity contribution in [2.75, 3.05) is 11.9 Å².